The molecule has 0 aromatic rings. The molecular weight excluding hydrogens is 189 g/mol. The fourth-order valence-corrected chi connectivity index (χ4v) is 2.30. The van der Waals surface area contributed by atoms with Crippen molar-refractivity contribution in [3.8, 4) is 0 Å². The van der Waals surface area contributed by atoms with Gasteiger partial charge in [-0.3, -0.25) is 4.79 Å². The molecule has 0 N–H and O–H groups in total. The summed E-state index contributed by atoms with van der Waals surface area (Å²) in [5.74, 6) is -1.76. The largest absolute Gasteiger partial charge is 0.392 e. The molecule has 70 valence electrons. The van der Waals surface area contributed by atoms with Crippen molar-refractivity contribution in [1.29, 1.82) is 0 Å². The number of hydrogen-bond donors (Lipinski definition) is 0. The fourth-order valence-electron chi connectivity index (χ4n) is 1.19. The van der Waals surface area contributed by atoms with Gasteiger partial charge in [0, 0.05) is 11.7 Å². The Labute approximate surface area is 72.7 Å². The Hall–Kier alpha value is -0.190. The topological polar surface area (TPSA) is 17.1 Å². The Morgan fingerprint density at radius 3 is 2.50 bits per heavy atom. The summed E-state index contributed by atoms with van der Waals surface area (Å²) in [7, 11) is 0. The maximum absolute atomic E-state index is 12.1. The number of alkyl halides is 3. The number of rotatable bonds is 1. The monoisotopic (exact) mass is 198 g/mol. The first-order valence-corrected chi connectivity index (χ1v) is 4.65. The predicted octanol–water partition coefficient (Wildman–Crippen LogP) is 2.46. The molecule has 12 heavy (non-hydrogen) atoms. The van der Waals surface area contributed by atoms with E-state index in [1.54, 1.807) is 0 Å². The summed E-state index contributed by atoms with van der Waals surface area (Å²) in [6.45, 7) is 1.08. The van der Waals surface area contributed by atoms with E-state index in [-0.39, 0.29) is 5.12 Å². The minimum absolute atomic E-state index is 0.306. The van der Waals surface area contributed by atoms with Gasteiger partial charge >= 0.3 is 6.18 Å². The second-order valence-corrected chi connectivity index (χ2v) is 3.99. The SMILES string of the molecule is CC(C1CCSC1=O)C(F)(F)F. The van der Waals surface area contributed by atoms with Crippen LogP contribution in [0.1, 0.15) is 13.3 Å². The number of thioether (sulfide) groups is 1. The molecule has 1 fully saturated rings. The molecule has 0 aliphatic carbocycles. The highest BCUT2D eigenvalue weighted by Gasteiger charge is 2.45. The maximum atomic E-state index is 12.1. The maximum Gasteiger partial charge on any atom is 0.392 e. The lowest BCUT2D eigenvalue weighted by molar-refractivity contribution is -0.183. The molecule has 1 heterocycles. The van der Waals surface area contributed by atoms with Crippen LogP contribution < -0.4 is 0 Å². The Balaban J connectivity index is 2.63. The van der Waals surface area contributed by atoms with E-state index in [9.17, 15) is 18.0 Å². The third-order valence-corrected chi connectivity index (χ3v) is 3.12. The predicted molar refractivity (Wildman–Crippen MR) is 40.8 cm³/mol. The molecule has 0 bridgehead atoms. The summed E-state index contributed by atoms with van der Waals surface area (Å²) >= 11 is 1.01. The first kappa shape index (κ1) is 9.89. The van der Waals surface area contributed by atoms with Crippen molar-refractivity contribution in [1.82, 2.24) is 0 Å². The molecule has 0 aromatic heterocycles. The molecule has 2 atom stereocenters. The molecule has 1 saturated heterocycles. The van der Waals surface area contributed by atoms with Crippen LogP contribution in [0.15, 0.2) is 0 Å². The fraction of sp³-hybridized carbons (Fsp3) is 0.857. The van der Waals surface area contributed by atoms with Crippen molar-refractivity contribution in [2.75, 3.05) is 5.75 Å². The quantitative estimate of drug-likeness (QED) is 0.643. The third kappa shape index (κ3) is 1.94. The number of carbonyl (C=O) groups is 1. The van der Waals surface area contributed by atoms with Gasteiger partial charge in [0.15, 0.2) is 5.12 Å². The lowest BCUT2D eigenvalue weighted by atomic mass is 9.93. The first-order chi connectivity index (χ1) is 5.43. The minimum atomic E-state index is -4.23. The van der Waals surface area contributed by atoms with Gasteiger partial charge in [-0.15, -0.1) is 0 Å². The van der Waals surface area contributed by atoms with Crippen LogP contribution in [0.2, 0.25) is 0 Å². The second-order valence-electron chi connectivity index (χ2n) is 2.89. The summed E-state index contributed by atoms with van der Waals surface area (Å²) in [6.07, 6.45) is -3.87. The van der Waals surface area contributed by atoms with Gasteiger partial charge in [-0.2, -0.15) is 13.2 Å². The van der Waals surface area contributed by atoms with Crippen LogP contribution in [0.5, 0.6) is 0 Å². The Kier molecular flexibility index (Phi) is 2.70. The molecule has 0 amide bonds. The molecule has 0 saturated carbocycles. The van der Waals surface area contributed by atoms with Gasteiger partial charge in [-0.25, -0.2) is 0 Å². The molecule has 0 aromatic carbocycles. The van der Waals surface area contributed by atoms with Gasteiger partial charge in [0.05, 0.1) is 5.92 Å². The van der Waals surface area contributed by atoms with E-state index in [1.165, 1.54) is 0 Å². The molecule has 5 heteroatoms. The highest BCUT2D eigenvalue weighted by Crippen LogP contribution is 2.39. The minimum Gasteiger partial charge on any atom is -0.287 e. The average molecular weight is 198 g/mol. The molecule has 0 spiro atoms. The number of halogens is 3. The van der Waals surface area contributed by atoms with Crippen LogP contribution in [0, 0.1) is 11.8 Å². The van der Waals surface area contributed by atoms with E-state index in [1.807, 2.05) is 0 Å². The lowest BCUT2D eigenvalue weighted by Crippen LogP contribution is -2.29. The highest BCUT2D eigenvalue weighted by molar-refractivity contribution is 8.14. The van der Waals surface area contributed by atoms with Crippen molar-refractivity contribution in [2.24, 2.45) is 11.8 Å². The summed E-state index contributed by atoms with van der Waals surface area (Å²) in [5.41, 5.74) is 0. The molecule has 1 nitrogen and oxygen atoms in total. The number of carbonyl (C=O) groups excluding carboxylic acids is 1. The summed E-state index contributed by atoms with van der Waals surface area (Å²) in [6, 6.07) is 0. The van der Waals surface area contributed by atoms with Gasteiger partial charge in [0.25, 0.3) is 0 Å². The van der Waals surface area contributed by atoms with Crippen LogP contribution in [0.25, 0.3) is 0 Å². The van der Waals surface area contributed by atoms with E-state index in [0.717, 1.165) is 18.7 Å². The molecule has 2 unspecified atom stereocenters. The smallest absolute Gasteiger partial charge is 0.287 e. The third-order valence-electron chi connectivity index (χ3n) is 2.10. The summed E-state index contributed by atoms with van der Waals surface area (Å²) in [4.78, 5) is 10.9. The second kappa shape index (κ2) is 3.28. The van der Waals surface area contributed by atoms with Crippen LogP contribution >= 0.6 is 11.8 Å². The van der Waals surface area contributed by atoms with Crippen LogP contribution in [0.4, 0.5) is 13.2 Å². The van der Waals surface area contributed by atoms with Gasteiger partial charge in [0.1, 0.15) is 0 Å². The van der Waals surface area contributed by atoms with Gasteiger partial charge in [-0.1, -0.05) is 18.7 Å². The van der Waals surface area contributed by atoms with Gasteiger partial charge < -0.3 is 0 Å². The van der Waals surface area contributed by atoms with Crippen molar-refractivity contribution in [3.63, 3.8) is 0 Å². The average Bonchev–Trinajstić information content (AvgIpc) is 2.31. The van der Waals surface area contributed by atoms with Crippen molar-refractivity contribution in [2.45, 2.75) is 19.5 Å². The van der Waals surface area contributed by atoms with Crippen molar-refractivity contribution >= 4 is 16.9 Å². The van der Waals surface area contributed by atoms with E-state index >= 15 is 0 Å². The Bertz CT molecular complexity index is 190. The standard InChI is InChI=1S/C7H9F3OS/c1-4(7(8,9)10)5-2-3-12-6(5)11/h4-5H,2-3H2,1H3. The van der Waals surface area contributed by atoms with E-state index in [2.05, 4.69) is 0 Å². The van der Waals surface area contributed by atoms with E-state index < -0.39 is 18.0 Å². The van der Waals surface area contributed by atoms with Crippen LogP contribution in [-0.2, 0) is 4.79 Å². The Morgan fingerprint density at radius 2 is 2.17 bits per heavy atom. The highest BCUT2D eigenvalue weighted by atomic mass is 32.2. The number of hydrogen-bond acceptors (Lipinski definition) is 2. The van der Waals surface area contributed by atoms with E-state index in [4.69, 9.17) is 0 Å². The zero-order chi connectivity index (χ0) is 9.35. The van der Waals surface area contributed by atoms with Gasteiger partial charge in [0.2, 0.25) is 0 Å². The zero-order valence-electron chi connectivity index (χ0n) is 6.52. The van der Waals surface area contributed by atoms with Crippen molar-refractivity contribution in [3.05, 3.63) is 0 Å². The molecule has 1 aliphatic heterocycles. The van der Waals surface area contributed by atoms with Crippen molar-refractivity contribution < 1.29 is 18.0 Å². The van der Waals surface area contributed by atoms with Gasteiger partial charge in [-0.05, 0) is 6.42 Å². The molecule has 1 aliphatic rings. The normalized spacial score (nSPS) is 27.7. The Morgan fingerprint density at radius 1 is 1.58 bits per heavy atom. The molecule has 1 rings (SSSR count). The summed E-state index contributed by atoms with van der Waals surface area (Å²) < 4.78 is 36.3. The molecule has 0 radical (unpaired) electrons. The van der Waals surface area contributed by atoms with Crippen LogP contribution in [0.3, 0.4) is 0 Å². The summed E-state index contributed by atoms with van der Waals surface area (Å²) in [5, 5.41) is -0.306. The first-order valence-electron chi connectivity index (χ1n) is 3.66. The molecular formula is C7H9F3OS. The lowest BCUT2D eigenvalue weighted by Gasteiger charge is -2.19. The van der Waals surface area contributed by atoms with Crippen LogP contribution in [-0.4, -0.2) is 17.0 Å². The zero-order valence-corrected chi connectivity index (χ0v) is 7.34. The van der Waals surface area contributed by atoms with E-state index in [0.29, 0.717) is 12.2 Å².